The standard InChI is InChI=1S/C12H20BN4O/c1-6-18-13(16-11(4)7-9(2)14-16)17-12(5)8-10(3)15-17/h7-8,13H,6H2,1-5H3. The third kappa shape index (κ3) is 2.33. The van der Waals surface area contributed by atoms with Crippen molar-refractivity contribution in [2.45, 2.75) is 34.6 Å². The SMILES string of the molecule is CCO[BH-](N1[N+]=C(C)C=C1C)n1nc(C)cc1C. The van der Waals surface area contributed by atoms with Crippen LogP contribution in [0.4, 0.5) is 0 Å². The third-order valence-electron chi connectivity index (χ3n) is 3.11. The number of hydrogen-bond acceptors (Lipinski definition) is 4. The number of allylic oxidation sites excluding steroid dienone is 2. The molecule has 6 heteroatoms. The minimum Gasteiger partial charge on any atom is -0.554 e. The molecule has 1 aliphatic heterocycles. The Bertz CT molecular complexity index is 506. The number of aromatic nitrogens is 2. The molecule has 5 nitrogen and oxygen atoms in total. The van der Waals surface area contributed by atoms with Crippen molar-refractivity contribution < 1.29 is 4.65 Å². The van der Waals surface area contributed by atoms with E-state index in [1.165, 1.54) is 0 Å². The first-order valence-electron chi connectivity index (χ1n) is 6.37. The summed E-state index contributed by atoms with van der Waals surface area (Å²) < 4.78 is 7.84. The van der Waals surface area contributed by atoms with Gasteiger partial charge in [-0.3, -0.25) is 0 Å². The second-order valence-corrected chi connectivity index (χ2v) is 4.75. The first kappa shape index (κ1) is 12.9. The number of rotatable bonds is 4. The summed E-state index contributed by atoms with van der Waals surface area (Å²) >= 11 is 0. The first-order valence-corrected chi connectivity index (χ1v) is 6.37. The van der Waals surface area contributed by atoms with E-state index in [2.05, 4.69) is 22.3 Å². The van der Waals surface area contributed by atoms with Crippen LogP contribution >= 0.6 is 0 Å². The van der Waals surface area contributed by atoms with Crippen molar-refractivity contribution in [2.24, 2.45) is 0 Å². The topological polar surface area (TPSA) is 44.4 Å². The van der Waals surface area contributed by atoms with Gasteiger partial charge in [0.05, 0.1) is 5.69 Å². The molecular weight excluding hydrogens is 227 g/mol. The fourth-order valence-electron chi connectivity index (χ4n) is 2.38. The Balaban J connectivity index is 2.35. The van der Waals surface area contributed by atoms with E-state index in [9.17, 15) is 0 Å². The normalized spacial score (nSPS) is 16.8. The van der Waals surface area contributed by atoms with E-state index in [1.807, 2.05) is 44.1 Å². The Morgan fingerprint density at radius 3 is 2.50 bits per heavy atom. The Morgan fingerprint density at radius 1 is 1.33 bits per heavy atom. The molecule has 1 unspecified atom stereocenters. The summed E-state index contributed by atoms with van der Waals surface area (Å²) in [5, 5.41) is 9.05. The van der Waals surface area contributed by atoms with Gasteiger partial charge < -0.3 is 9.25 Å². The van der Waals surface area contributed by atoms with Crippen molar-refractivity contribution in [1.29, 1.82) is 0 Å². The quantitative estimate of drug-likeness (QED) is 0.746. The lowest BCUT2D eigenvalue weighted by atomic mass is 9.99. The molecule has 1 atom stereocenters. The second kappa shape index (κ2) is 4.98. The molecule has 0 fully saturated rings. The molecule has 1 radical (unpaired) electrons. The van der Waals surface area contributed by atoms with Gasteiger partial charge in [0.2, 0.25) is 0 Å². The summed E-state index contributed by atoms with van der Waals surface area (Å²) in [6, 6.07) is 2.06. The maximum atomic E-state index is 5.89. The molecule has 0 aromatic carbocycles. The lowest BCUT2D eigenvalue weighted by Gasteiger charge is -2.29. The summed E-state index contributed by atoms with van der Waals surface area (Å²) in [5.74, 6) is 0. The monoisotopic (exact) mass is 247 g/mol. The highest BCUT2D eigenvalue weighted by Gasteiger charge is 2.30. The van der Waals surface area contributed by atoms with Crippen LogP contribution in [0.15, 0.2) is 17.8 Å². The van der Waals surface area contributed by atoms with Crippen LogP contribution in [-0.4, -0.2) is 34.1 Å². The van der Waals surface area contributed by atoms with Gasteiger partial charge in [-0.25, -0.2) is 10.0 Å². The summed E-state index contributed by atoms with van der Waals surface area (Å²) in [5.41, 5.74) is 4.22. The van der Waals surface area contributed by atoms with Gasteiger partial charge in [-0.1, -0.05) is 0 Å². The highest BCUT2D eigenvalue weighted by molar-refractivity contribution is 6.47. The molecule has 0 N–H and O–H groups in total. The van der Waals surface area contributed by atoms with Gasteiger partial charge in [-0.2, -0.15) is 0 Å². The smallest absolute Gasteiger partial charge is 0.386 e. The number of hydrazone groups is 1. The molecule has 18 heavy (non-hydrogen) atoms. The Hall–Kier alpha value is -1.56. The zero-order valence-electron chi connectivity index (χ0n) is 11.8. The molecule has 0 spiro atoms. The largest absolute Gasteiger partial charge is 0.554 e. The van der Waals surface area contributed by atoms with E-state index >= 15 is 0 Å². The van der Waals surface area contributed by atoms with E-state index in [-0.39, 0.29) is 0 Å². The number of hydrogen-bond donors (Lipinski definition) is 0. The molecule has 97 valence electrons. The Kier molecular flexibility index (Phi) is 3.56. The highest BCUT2D eigenvalue weighted by Crippen LogP contribution is 2.13. The molecule has 1 aliphatic rings. The number of aryl methyl sites for hydroxylation is 2. The van der Waals surface area contributed by atoms with Crippen molar-refractivity contribution in [3.8, 4) is 0 Å². The molecule has 2 rings (SSSR count). The van der Waals surface area contributed by atoms with Crippen LogP contribution in [0.2, 0.25) is 0 Å². The minimum absolute atomic E-state index is 0.649. The second-order valence-electron chi connectivity index (χ2n) is 4.75. The van der Waals surface area contributed by atoms with Crippen molar-refractivity contribution in [3.63, 3.8) is 0 Å². The zero-order valence-corrected chi connectivity index (χ0v) is 11.8. The molecule has 0 bridgehead atoms. The van der Waals surface area contributed by atoms with Crippen LogP contribution in [0.3, 0.4) is 0 Å². The van der Waals surface area contributed by atoms with Crippen LogP contribution in [0, 0.1) is 13.8 Å². The summed E-state index contributed by atoms with van der Waals surface area (Å²) in [4.78, 5) is 1.96. The molecule has 2 heterocycles. The van der Waals surface area contributed by atoms with E-state index in [0.29, 0.717) is 6.61 Å². The van der Waals surface area contributed by atoms with Crippen molar-refractivity contribution in [3.05, 3.63) is 29.2 Å². The van der Waals surface area contributed by atoms with Gasteiger partial charge in [0.25, 0.3) is 5.71 Å². The highest BCUT2D eigenvalue weighted by atomic mass is 16.5. The third-order valence-corrected chi connectivity index (χ3v) is 3.11. The van der Waals surface area contributed by atoms with Crippen LogP contribution in [0.25, 0.3) is 0 Å². The minimum atomic E-state index is -1.25. The summed E-state index contributed by atoms with van der Waals surface area (Å²) in [6.07, 6.45) is 2.06. The van der Waals surface area contributed by atoms with E-state index in [4.69, 9.17) is 4.65 Å². The van der Waals surface area contributed by atoms with Crippen LogP contribution in [0.5, 0.6) is 0 Å². The Morgan fingerprint density at radius 2 is 2.06 bits per heavy atom. The van der Waals surface area contributed by atoms with E-state index in [1.54, 1.807) is 0 Å². The fourth-order valence-corrected chi connectivity index (χ4v) is 2.38. The fraction of sp³-hybridized carbons (Fsp3) is 0.500. The molecule has 0 amide bonds. The molecule has 1 aromatic heterocycles. The molecular formula is C12H20BN4O. The van der Waals surface area contributed by atoms with Crippen LogP contribution < -0.4 is 5.10 Å². The van der Waals surface area contributed by atoms with Crippen LogP contribution in [0.1, 0.15) is 32.2 Å². The van der Waals surface area contributed by atoms with Crippen molar-refractivity contribution >= 4 is 12.9 Å². The molecule has 1 aromatic rings. The first-order chi connectivity index (χ1) is 8.52. The van der Waals surface area contributed by atoms with Gasteiger partial charge in [0.15, 0.2) is 0 Å². The Labute approximate surface area is 108 Å². The molecule has 0 aliphatic carbocycles. The molecule has 0 saturated heterocycles. The van der Waals surface area contributed by atoms with Crippen LogP contribution in [-0.2, 0) is 4.65 Å². The van der Waals surface area contributed by atoms with Crippen molar-refractivity contribution in [2.75, 3.05) is 6.61 Å². The predicted molar refractivity (Wildman–Crippen MR) is 74.3 cm³/mol. The van der Waals surface area contributed by atoms with Gasteiger partial charge in [-0.15, -0.1) is 0 Å². The van der Waals surface area contributed by atoms with Crippen molar-refractivity contribution in [1.82, 2.24) is 19.7 Å². The number of nitrogens with zero attached hydrogens (tertiary/aromatic N) is 4. The summed E-state index contributed by atoms with van der Waals surface area (Å²) in [6.45, 7) is 10.7. The summed E-state index contributed by atoms with van der Waals surface area (Å²) in [7, 11) is -1.25. The van der Waals surface area contributed by atoms with E-state index < -0.39 is 7.19 Å². The molecule has 0 saturated carbocycles. The lowest BCUT2D eigenvalue weighted by molar-refractivity contribution is 0.273. The van der Waals surface area contributed by atoms with Gasteiger partial charge >= 0.3 is 7.19 Å². The van der Waals surface area contributed by atoms with Gasteiger partial charge in [0, 0.05) is 18.7 Å². The maximum absolute atomic E-state index is 5.89. The van der Waals surface area contributed by atoms with E-state index in [0.717, 1.165) is 22.8 Å². The average molecular weight is 247 g/mol. The lowest BCUT2D eigenvalue weighted by Crippen LogP contribution is -2.48. The van der Waals surface area contributed by atoms with Gasteiger partial charge in [-0.05, 0) is 46.1 Å². The average Bonchev–Trinajstić information content (AvgIpc) is 2.78. The maximum Gasteiger partial charge on any atom is 0.386 e. The predicted octanol–water partition coefficient (Wildman–Crippen LogP) is 1.03. The van der Waals surface area contributed by atoms with Gasteiger partial charge in [0.1, 0.15) is 5.10 Å². The zero-order chi connectivity index (χ0) is 13.3.